The van der Waals surface area contributed by atoms with Crippen molar-refractivity contribution in [3.05, 3.63) is 40.6 Å². The zero-order valence-corrected chi connectivity index (χ0v) is 13.4. The maximum Gasteiger partial charge on any atom is 0.266 e. The number of aliphatic imine (C=N–C) groups is 1. The van der Waals surface area contributed by atoms with Gasteiger partial charge in [0.1, 0.15) is 5.82 Å². The Balaban J connectivity index is 2.39. The van der Waals surface area contributed by atoms with Crippen LogP contribution in [-0.2, 0) is 4.79 Å². The zero-order valence-electron chi connectivity index (χ0n) is 12.6. The van der Waals surface area contributed by atoms with E-state index < -0.39 is 0 Å². The minimum atomic E-state index is -0.330. The number of rotatable bonds is 3. The first kappa shape index (κ1) is 15.8. The molecule has 0 aliphatic carbocycles. The molecular weight excluding hydrogens is 287 g/mol. The molecule has 0 saturated carbocycles. The van der Waals surface area contributed by atoms with Crippen LogP contribution in [0.3, 0.4) is 0 Å². The van der Waals surface area contributed by atoms with Crippen LogP contribution in [0, 0.1) is 5.82 Å². The van der Waals surface area contributed by atoms with Crippen LogP contribution in [0.4, 0.5) is 4.39 Å². The van der Waals surface area contributed by atoms with Gasteiger partial charge < -0.3 is 0 Å². The van der Waals surface area contributed by atoms with Gasteiger partial charge in [-0.15, -0.1) is 0 Å². The second-order valence-corrected chi connectivity index (χ2v) is 6.42. The van der Waals surface area contributed by atoms with Crippen LogP contribution < -0.4 is 0 Å². The minimum Gasteiger partial charge on any atom is -0.284 e. The summed E-state index contributed by atoms with van der Waals surface area (Å²) in [6.07, 6.45) is 1.60. The summed E-state index contributed by atoms with van der Waals surface area (Å²) in [5.41, 5.74) is 0.419. The van der Waals surface area contributed by atoms with E-state index in [0.29, 0.717) is 15.6 Å². The number of hydrogen-bond donors (Lipinski definition) is 0. The third kappa shape index (κ3) is 3.53. The lowest BCUT2D eigenvalue weighted by Crippen LogP contribution is -2.35. The van der Waals surface area contributed by atoms with Crippen molar-refractivity contribution in [2.45, 2.75) is 39.8 Å². The predicted octanol–water partition coefficient (Wildman–Crippen LogP) is 3.91. The minimum absolute atomic E-state index is 0.0222. The molecule has 1 aromatic rings. The van der Waals surface area contributed by atoms with E-state index in [2.05, 4.69) is 4.99 Å². The second-order valence-electron chi connectivity index (χ2n) is 5.41. The van der Waals surface area contributed by atoms with Crippen molar-refractivity contribution in [1.29, 1.82) is 0 Å². The number of amides is 1. The van der Waals surface area contributed by atoms with Gasteiger partial charge in [-0.2, -0.15) is 0 Å². The van der Waals surface area contributed by atoms with E-state index in [1.165, 1.54) is 17.8 Å². The molecule has 0 unspecified atom stereocenters. The molecule has 0 radical (unpaired) electrons. The summed E-state index contributed by atoms with van der Waals surface area (Å²) in [6, 6.07) is 6.56. The Hall–Kier alpha value is -1.62. The first-order valence-corrected chi connectivity index (χ1v) is 7.77. The second kappa shape index (κ2) is 6.43. The van der Waals surface area contributed by atoms with Crippen LogP contribution in [0.25, 0.3) is 6.08 Å². The number of halogens is 1. The molecule has 1 aliphatic heterocycles. The van der Waals surface area contributed by atoms with E-state index in [9.17, 15) is 9.18 Å². The highest BCUT2D eigenvalue weighted by atomic mass is 32.2. The number of carbonyl (C=O) groups is 1. The Morgan fingerprint density at radius 3 is 2.48 bits per heavy atom. The van der Waals surface area contributed by atoms with Crippen molar-refractivity contribution in [3.63, 3.8) is 0 Å². The first-order valence-electron chi connectivity index (χ1n) is 6.95. The van der Waals surface area contributed by atoms with E-state index >= 15 is 0 Å². The molecule has 1 amide bonds. The van der Waals surface area contributed by atoms with Gasteiger partial charge >= 0.3 is 0 Å². The van der Waals surface area contributed by atoms with Crippen molar-refractivity contribution < 1.29 is 9.18 Å². The summed E-state index contributed by atoms with van der Waals surface area (Å²) in [4.78, 5) is 19.2. The SMILES string of the molecule is CC(C)N=C1S/C(=C/c2ccccc2F)C(=O)N1C(C)C. The molecule has 1 saturated heterocycles. The smallest absolute Gasteiger partial charge is 0.266 e. The molecule has 1 fully saturated rings. The molecule has 0 aromatic heterocycles. The maximum atomic E-state index is 13.7. The fraction of sp³-hybridized carbons (Fsp3) is 0.375. The number of nitrogens with zero attached hydrogens (tertiary/aromatic N) is 2. The molecule has 1 aliphatic rings. The number of amidine groups is 1. The van der Waals surface area contributed by atoms with Crippen LogP contribution in [0.1, 0.15) is 33.3 Å². The summed E-state index contributed by atoms with van der Waals surface area (Å²) < 4.78 is 13.7. The molecule has 2 rings (SSSR count). The zero-order chi connectivity index (χ0) is 15.6. The summed E-state index contributed by atoms with van der Waals surface area (Å²) >= 11 is 1.31. The Morgan fingerprint density at radius 1 is 1.24 bits per heavy atom. The molecule has 21 heavy (non-hydrogen) atoms. The van der Waals surface area contributed by atoms with E-state index in [1.54, 1.807) is 29.2 Å². The van der Waals surface area contributed by atoms with E-state index in [-0.39, 0.29) is 23.8 Å². The lowest BCUT2D eigenvalue weighted by atomic mass is 10.2. The van der Waals surface area contributed by atoms with Crippen LogP contribution in [0.2, 0.25) is 0 Å². The molecule has 0 N–H and O–H groups in total. The predicted molar refractivity (Wildman–Crippen MR) is 86.5 cm³/mol. The van der Waals surface area contributed by atoms with Crippen LogP contribution in [-0.4, -0.2) is 28.1 Å². The molecule has 0 bridgehead atoms. The quantitative estimate of drug-likeness (QED) is 0.793. The highest BCUT2D eigenvalue weighted by Gasteiger charge is 2.35. The van der Waals surface area contributed by atoms with Crippen LogP contribution in [0.15, 0.2) is 34.2 Å². The Bertz CT molecular complexity index is 608. The normalized spacial score (nSPS) is 19.6. The van der Waals surface area contributed by atoms with Gasteiger partial charge in [0.15, 0.2) is 5.17 Å². The van der Waals surface area contributed by atoms with Crippen molar-refractivity contribution in [2.24, 2.45) is 4.99 Å². The average molecular weight is 306 g/mol. The average Bonchev–Trinajstić information content (AvgIpc) is 2.68. The van der Waals surface area contributed by atoms with Gasteiger partial charge in [0.2, 0.25) is 0 Å². The third-order valence-corrected chi connectivity index (χ3v) is 3.91. The highest BCUT2D eigenvalue weighted by molar-refractivity contribution is 8.18. The Kier molecular flexibility index (Phi) is 4.83. The largest absolute Gasteiger partial charge is 0.284 e. The molecule has 0 atom stereocenters. The van der Waals surface area contributed by atoms with Crippen molar-refractivity contribution in [1.82, 2.24) is 4.90 Å². The van der Waals surface area contributed by atoms with Crippen molar-refractivity contribution in [2.75, 3.05) is 0 Å². The standard InChI is InChI=1S/C16H19FN2OS/c1-10(2)18-16-19(11(3)4)15(20)14(21-16)9-12-7-5-6-8-13(12)17/h5-11H,1-4H3/b14-9+,18-16?. The monoisotopic (exact) mass is 306 g/mol. The van der Waals surface area contributed by atoms with Gasteiger partial charge in [-0.3, -0.25) is 14.7 Å². The van der Waals surface area contributed by atoms with E-state index in [1.807, 2.05) is 27.7 Å². The topological polar surface area (TPSA) is 32.7 Å². The van der Waals surface area contributed by atoms with Gasteiger partial charge in [0.05, 0.1) is 4.91 Å². The lowest BCUT2D eigenvalue weighted by Gasteiger charge is -2.20. The van der Waals surface area contributed by atoms with E-state index in [4.69, 9.17) is 0 Å². The molecule has 112 valence electrons. The number of benzene rings is 1. The van der Waals surface area contributed by atoms with Crippen LogP contribution >= 0.6 is 11.8 Å². The molecule has 0 spiro atoms. The summed E-state index contributed by atoms with van der Waals surface area (Å²) in [5.74, 6) is -0.443. The van der Waals surface area contributed by atoms with Crippen molar-refractivity contribution >= 4 is 28.9 Å². The third-order valence-electron chi connectivity index (χ3n) is 2.91. The van der Waals surface area contributed by atoms with Gasteiger partial charge in [-0.05, 0) is 51.6 Å². The fourth-order valence-corrected chi connectivity index (χ4v) is 3.21. The highest BCUT2D eigenvalue weighted by Crippen LogP contribution is 2.34. The van der Waals surface area contributed by atoms with Crippen LogP contribution in [0.5, 0.6) is 0 Å². The van der Waals surface area contributed by atoms with Gasteiger partial charge in [-0.1, -0.05) is 18.2 Å². The molecule has 1 aromatic carbocycles. The number of thioether (sulfide) groups is 1. The fourth-order valence-electron chi connectivity index (χ4n) is 1.99. The number of hydrogen-bond acceptors (Lipinski definition) is 3. The summed E-state index contributed by atoms with van der Waals surface area (Å²) in [6.45, 7) is 7.82. The summed E-state index contributed by atoms with van der Waals surface area (Å²) in [5, 5.41) is 0.688. The van der Waals surface area contributed by atoms with Gasteiger partial charge in [-0.25, -0.2) is 4.39 Å². The number of carbonyl (C=O) groups excluding carboxylic acids is 1. The molecule has 3 nitrogen and oxygen atoms in total. The van der Waals surface area contributed by atoms with E-state index in [0.717, 1.165) is 0 Å². The maximum absolute atomic E-state index is 13.7. The molecular formula is C16H19FN2OS. The molecule has 1 heterocycles. The van der Waals surface area contributed by atoms with Gasteiger partial charge in [0.25, 0.3) is 5.91 Å². The molecule has 5 heteroatoms. The Morgan fingerprint density at radius 2 is 1.90 bits per heavy atom. The lowest BCUT2D eigenvalue weighted by molar-refractivity contribution is -0.123. The Labute approximate surface area is 128 Å². The first-order chi connectivity index (χ1) is 9.90. The van der Waals surface area contributed by atoms with Gasteiger partial charge in [0, 0.05) is 17.6 Å². The summed E-state index contributed by atoms with van der Waals surface area (Å²) in [7, 11) is 0. The van der Waals surface area contributed by atoms with Crippen molar-refractivity contribution in [3.8, 4) is 0 Å².